The topological polar surface area (TPSA) is 143 Å². The van der Waals surface area contributed by atoms with Gasteiger partial charge in [0, 0.05) is 21.1 Å². The molecule has 1 unspecified atom stereocenters. The molecule has 0 radical (unpaired) electrons. The number of likely N-dealkylation sites (N-methyl/N-ethyl adjacent to an activating group) is 3. The van der Waals surface area contributed by atoms with Crippen molar-refractivity contribution in [3.05, 3.63) is 0 Å². The maximum absolute atomic E-state index is 14.1. The summed E-state index contributed by atoms with van der Waals surface area (Å²) in [6.45, 7) is 10.9. The van der Waals surface area contributed by atoms with Crippen LogP contribution in [0.3, 0.4) is 0 Å². The average molecular weight is 678 g/mol. The minimum Gasteiger partial charge on any atom is -0.451 e. The van der Waals surface area contributed by atoms with Crippen LogP contribution in [0.5, 0.6) is 0 Å². The predicted octanol–water partition coefficient (Wildman–Crippen LogP) is 3.38. The van der Waals surface area contributed by atoms with Gasteiger partial charge in [-0.2, -0.15) is 0 Å². The van der Waals surface area contributed by atoms with E-state index in [0.717, 1.165) is 38.5 Å². The van der Waals surface area contributed by atoms with Crippen LogP contribution in [0.2, 0.25) is 0 Å². The number of amides is 3. The van der Waals surface area contributed by atoms with Gasteiger partial charge in [-0.25, -0.2) is 9.59 Å². The Morgan fingerprint density at radius 3 is 1.23 bits per heavy atom. The Morgan fingerprint density at radius 2 is 0.896 bits per heavy atom. The third-order valence-electron chi connectivity index (χ3n) is 10.4. The smallest absolute Gasteiger partial charge is 0.329 e. The monoisotopic (exact) mass is 677 g/mol. The van der Waals surface area contributed by atoms with Crippen molar-refractivity contribution in [1.82, 2.24) is 14.7 Å². The van der Waals surface area contributed by atoms with Crippen molar-refractivity contribution < 1.29 is 43.3 Å². The van der Waals surface area contributed by atoms with Gasteiger partial charge in [0.2, 0.25) is 0 Å². The van der Waals surface area contributed by atoms with Gasteiger partial charge < -0.3 is 34.0 Å². The van der Waals surface area contributed by atoms with E-state index in [1.165, 1.54) is 28.8 Å². The van der Waals surface area contributed by atoms with Crippen LogP contribution >= 0.6 is 0 Å². The number of carbonyl (C=O) groups is 5. The zero-order chi connectivity index (χ0) is 35.6. The Balaban J connectivity index is 1.76. The zero-order valence-electron chi connectivity index (χ0n) is 30.4. The van der Waals surface area contributed by atoms with Gasteiger partial charge >= 0.3 is 11.9 Å². The van der Waals surface area contributed by atoms with Crippen LogP contribution in [0.15, 0.2) is 0 Å². The molecule has 12 heteroatoms. The van der Waals surface area contributed by atoms with Crippen LogP contribution in [0.1, 0.15) is 99.3 Å². The van der Waals surface area contributed by atoms with E-state index in [1.54, 1.807) is 34.7 Å². The molecule has 1 heterocycles. The molecule has 3 amide bonds. The first-order valence-corrected chi connectivity index (χ1v) is 18.1. The molecule has 4 fully saturated rings. The summed E-state index contributed by atoms with van der Waals surface area (Å²) in [7, 11) is 4.58. The van der Waals surface area contributed by atoms with Crippen LogP contribution < -0.4 is 0 Å². The number of aliphatic hydroxyl groups is 1. The predicted molar refractivity (Wildman–Crippen MR) is 177 cm³/mol. The Labute approximate surface area is 286 Å². The first kappa shape index (κ1) is 38.1. The number of hydrogen-bond acceptors (Lipinski definition) is 9. The van der Waals surface area contributed by atoms with Crippen molar-refractivity contribution in [2.24, 2.45) is 35.5 Å². The molecular formula is C36H59N3O9. The molecule has 0 aromatic heterocycles. The maximum atomic E-state index is 14.1. The summed E-state index contributed by atoms with van der Waals surface area (Å²) in [5.41, 5.74) is 0. The fraction of sp³-hybridized carbons (Fsp3) is 0.861. The molecule has 1 aliphatic heterocycles. The van der Waals surface area contributed by atoms with Crippen LogP contribution in [0.4, 0.5) is 0 Å². The third kappa shape index (κ3) is 9.49. The standard InChI is InChI=1S/C36H59N3O9/c1-19(2)28-34(43)46-26(17-23-12-13-23)32(41)38(8)30(21(5)6)36(45)48-27(18-24-14-15-24)33(42)39(9)29(20(3)4)35(44)47-25(16-22-10-11-22)31(40)37(28)7/h19-30,34,43H,10-18H2,1-9H3/t25-,26-,27-,28+,29+,30+,34?/m1/s1. The molecule has 0 spiro atoms. The molecule has 0 aromatic rings. The highest BCUT2D eigenvalue weighted by molar-refractivity contribution is 5.92. The number of ether oxygens (including phenoxy) is 3. The summed E-state index contributed by atoms with van der Waals surface area (Å²) in [5, 5.41) is 11.6. The van der Waals surface area contributed by atoms with E-state index < -0.39 is 72.4 Å². The maximum Gasteiger partial charge on any atom is 0.329 e. The Hall–Kier alpha value is -2.73. The third-order valence-corrected chi connectivity index (χ3v) is 10.4. The fourth-order valence-corrected chi connectivity index (χ4v) is 7.08. The highest BCUT2D eigenvalue weighted by Gasteiger charge is 2.46. The summed E-state index contributed by atoms with van der Waals surface area (Å²) in [4.78, 5) is 74.1. The molecule has 272 valence electrons. The number of esters is 2. The number of aliphatic hydroxyl groups excluding tert-OH is 1. The Bertz CT molecular complexity index is 1180. The van der Waals surface area contributed by atoms with Gasteiger partial charge in [-0.1, -0.05) is 80.1 Å². The van der Waals surface area contributed by atoms with E-state index >= 15 is 0 Å². The quantitative estimate of drug-likeness (QED) is 0.364. The van der Waals surface area contributed by atoms with E-state index in [-0.39, 0.29) is 35.5 Å². The van der Waals surface area contributed by atoms with Crippen LogP contribution in [0, 0.1) is 35.5 Å². The molecule has 4 aliphatic rings. The SMILES string of the molecule is CC(C)[C@H]1C(O)O[C@H](CC2CC2)C(=O)N(C)[C@@H](C(C)C)C(=O)O[C@H](CC2CC2)C(=O)N(C)[C@@H](C(C)C)C(=O)O[C@H](CC2CC2)C(=O)N1C. The Morgan fingerprint density at radius 1 is 0.562 bits per heavy atom. The first-order valence-electron chi connectivity index (χ1n) is 18.1. The van der Waals surface area contributed by atoms with Gasteiger partial charge in [0.05, 0.1) is 6.04 Å². The van der Waals surface area contributed by atoms with Crippen molar-refractivity contribution >= 4 is 29.7 Å². The van der Waals surface area contributed by atoms with E-state index in [1.807, 2.05) is 13.8 Å². The fourth-order valence-electron chi connectivity index (χ4n) is 7.08. The molecule has 3 saturated carbocycles. The first-order chi connectivity index (χ1) is 22.5. The second-order valence-corrected chi connectivity index (χ2v) is 15.9. The van der Waals surface area contributed by atoms with Crippen LogP contribution in [0.25, 0.3) is 0 Å². The minimum absolute atomic E-state index is 0.210. The van der Waals surface area contributed by atoms with Gasteiger partial charge in [0.25, 0.3) is 17.7 Å². The largest absolute Gasteiger partial charge is 0.451 e. The molecule has 48 heavy (non-hydrogen) atoms. The lowest BCUT2D eigenvalue weighted by molar-refractivity contribution is -0.200. The second-order valence-electron chi connectivity index (χ2n) is 15.9. The summed E-state index contributed by atoms with van der Waals surface area (Å²) >= 11 is 0. The summed E-state index contributed by atoms with van der Waals surface area (Å²) in [6, 6.07) is -2.94. The molecule has 12 nitrogen and oxygen atoms in total. The van der Waals surface area contributed by atoms with Gasteiger partial charge in [-0.05, 0) is 54.8 Å². The molecule has 7 atom stereocenters. The van der Waals surface area contributed by atoms with E-state index in [4.69, 9.17) is 14.2 Å². The Kier molecular flexibility index (Phi) is 12.6. The van der Waals surface area contributed by atoms with E-state index in [2.05, 4.69) is 0 Å². The molecule has 4 rings (SSSR count). The van der Waals surface area contributed by atoms with Crippen molar-refractivity contribution in [2.45, 2.75) is 142 Å². The molecule has 0 aromatic carbocycles. The molecule has 3 aliphatic carbocycles. The van der Waals surface area contributed by atoms with Gasteiger partial charge in [0.1, 0.15) is 18.2 Å². The number of carbonyl (C=O) groups excluding carboxylic acids is 5. The zero-order valence-corrected chi connectivity index (χ0v) is 30.4. The minimum atomic E-state index is -1.53. The lowest BCUT2D eigenvalue weighted by atomic mass is 9.99. The van der Waals surface area contributed by atoms with Crippen molar-refractivity contribution in [3.8, 4) is 0 Å². The summed E-state index contributed by atoms with van der Waals surface area (Å²) in [6.07, 6.45) is 1.60. The molecule has 0 bridgehead atoms. The van der Waals surface area contributed by atoms with Gasteiger partial charge in [-0.3, -0.25) is 14.4 Å². The number of rotatable bonds is 9. The highest BCUT2D eigenvalue weighted by atomic mass is 16.6. The van der Waals surface area contributed by atoms with Crippen molar-refractivity contribution in [2.75, 3.05) is 21.1 Å². The molecule has 1 N–H and O–H groups in total. The second kappa shape index (κ2) is 15.9. The number of hydrogen-bond donors (Lipinski definition) is 1. The number of nitrogens with zero attached hydrogens (tertiary/aromatic N) is 3. The average Bonchev–Trinajstić information content (AvgIpc) is 3.83. The van der Waals surface area contributed by atoms with E-state index in [9.17, 15) is 29.1 Å². The van der Waals surface area contributed by atoms with Crippen molar-refractivity contribution in [1.29, 1.82) is 0 Å². The van der Waals surface area contributed by atoms with Gasteiger partial charge in [0.15, 0.2) is 18.5 Å². The lowest BCUT2D eigenvalue weighted by Crippen LogP contribution is -2.57. The summed E-state index contributed by atoms with van der Waals surface area (Å²) in [5.74, 6) is -3.26. The normalized spacial score (nSPS) is 32.6. The number of cyclic esters (lactones) is 2. The van der Waals surface area contributed by atoms with E-state index in [0.29, 0.717) is 19.3 Å². The lowest BCUT2D eigenvalue weighted by Gasteiger charge is -2.39. The molecular weight excluding hydrogens is 618 g/mol. The van der Waals surface area contributed by atoms with Crippen LogP contribution in [-0.4, -0.2) is 113 Å². The van der Waals surface area contributed by atoms with Crippen molar-refractivity contribution in [3.63, 3.8) is 0 Å². The summed E-state index contributed by atoms with van der Waals surface area (Å²) < 4.78 is 18.1. The van der Waals surface area contributed by atoms with Gasteiger partial charge in [-0.15, -0.1) is 0 Å². The molecule has 1 saturated heterocycles. The highest BCUT2D eigenvalue weighted by Crippen LogP contribution is 2.38. The van der Waals surface area contributed by atoms with Crippen LogP contribution in [-0.2, 0) is 38.2 Å².